The molecule has 0 aliphatic carbocycles. The number of halogens is 4. The SMILES string of the molecule is CN(Cc1ccccc1C(F)(F)F)C(=O)C(N)Cc1ccccc1.Cl. The van der Waals surface area contributed by atoms with Gasteiger partial charge < -0.3 is 10.6 Å². The molecule has 0 radical (unpaired) electrons. The minimum Gasteiger partial charge on any atom is -0.340 e. The van der Waals surface area contributed by atoms with Crippen molar-refractivity contribution in [2.45, 2.75) is 25.2 Å². The molecule has 2 aromatic carbocycles. The third-order valence-electron chi connectivity index (χ3n) is 3.72. The maximum absolute atomic E-state index is 13.0. The molecular weight excluding hydrogens is 353 g/mol. The maximum atomic E-state index is 13.0. The van der Waals surface area contributed by atoms with Gasteiger partial charge >= 0.3 is 6.18 Å². The topological polar surface area (TPSA) is 46.3 Å². The summed E-state index contributed by atoms with van der Waals surface area (Å²) in [4.78, 5) is 13.6. The average molecular weight is 373 g/mol. The molecule has 2 aromatic rings. The molecule has 0 saturated heterocycles. The van der Waals surface area contributed by atoms with Gasteiger partial charge in [0.05, 0.1) is 11.6 Å². The number of carbonyl (C=O) groups excluding carboxylic acids is 1. The van der Waals surface area contributed by atoms with E-state index in [-0.39, 0.29) is 24.5 Å². The lowest BCUT2D eigenvalue weighted by atomic mass is 10.0. The Morgan fingerprint density at radius 1 is 1.08 bits per heavy atom. The fraction of sp³-hybridized carbons (Fsp3) is 0.278. The number of rotatable bonds is 5. The van der Waals surface area contributed by atoms with Gasteiger partial charge in [-0.15, -0.1) is 12.4 Å². The van der Waals surface area contributed by atoms with Crippen molar-refractivity contribution in [1.29, 1.82) is 0 Å². The molecule has 0 fully saturated rings. The smallest absolute Gasteiger partial charge is 0.340 e. The van der Waals surface area contributed by atoms with E-state index in [0.717, 1.165) is 11.6 Å². The van der Waals surface area contributed by atoms with E-state index in [2.05, 4.69) is 0 Å². The Labute approximate surface area is 151 Å². The zero-order valence-electron chi connectivity index (χ0n) is 13.7. The number of hydrogen-bond donors (Lipinski definition) is 1. The van der Waals surface area contributed by atoms with Crippen molar-refractivity contribution in [2.75, 3.05) is 7.05 Å². The highest BCUT2D eigenvalue weighted by Gasteiger charge is 2.33. The molecule has 1 atom stereocenters. The van der Waals surface area contributed by atoms with Gasteiger partial charge in [0, 0.05) is 13.6 Å². The summed E-state index contributed by atoms with van der Waals surface area (Å²) in [5, 5.41) is 0. The van der Waals surface area contributed by atoms with Gasteiger partial charge in [-0.3, -0.25) is 4.79 Å². The van der Waals surface area contributed by atoms with Crippen LogP contribution >= 0.6 is 12.4 Å². The van der Waals surface area contributed by atoms with Gasteiger partial charge in [0.1, 0.15) is 0 Å². The Hall–Kier alpha value is -2.05. The number of alkyl halides is 3. The summed E-state index contributed by atoms with van der Waals surface area (Å²) in [7, 11) is 1.46. The Balaban J connectivity index is 0.00000312. The van der Waals surface area contributed by atoms with E-state index in [0.29, 0.717) is 6.42 Å². The van der Waals surface area contributed by atoms with Gasteiger partial charge in [-0.05, 0) is 23.6 Å². The first-order chi connectivity index (χ1) is 11.3. The van der Waals surface area contributed by atoms with Crippen molar-refractivity contribution in [2.24, 2.45) is 5.73 Å². The Morgan fingerprint density at radius 3 is 2.24 bits per heavy atom. The summed E-state index contributed by atoms with van der Waals surface area (Å²) in [6.45, 7) is -0.142. The highest BCUT2D eigenvalue weighted by molar-refractivity contribution is 5.85. The molecule has 0 heterocycles. The van der Waals surface area contributed by atoms with Crippen LogP contribution in [0.3, 0.4) is 0 Å². The van der Waals surface area contributed by atoms with Gasteiger partial charge in [0.2, 0.25) is 5.91 Å². The van der Waals surface area contributed by atoms with Gasteiger partial charge in [-0.25, -0.2) is 0 Å². The first-order valence-electron chi connectivity index (χ1n) is 7.48. The summed E-state index contributed by atoms with van der Waals surface area (Å²) in [5.41, 5.74) is 6.13. The van der Waals surface area contributed by atoms with Gasteiger partial charge in [-0.2, -0.15) is 13.2 Å². The standard InChI is InChI=1S/C18H19F3N2O.ClH/c1-23(12-14-9-5-6-10-15(14)18(19,20)21)17(24)16(22)11-13-7-3-2-4-8-13;/h2-10,16H,11-12,22H2,1H3;1H. The molecule has 1 amide bonds. The summed E-state index contributed by atoms with van der Waals surface area (Å²) >= 11 is 0. The molecule has 7 heteroatoms. The molecular formula is C18H20ClF3N2O. The average Bonchev–Trinajstić information content (AvgIpc) is 2.54. The third kappa shape index (κ3) is 5.76. The normalized spacial score (nSPS) is 12.2. The summed E-state index contributed by atoms with van der Waals surface area (Å²) in [6.07, 6.45) is -4.11. The zero-order chi connectivity index (χ0) is 17.7. The van der Waals surface area contributed by atoms with Gasteiger partial charge in [-0.1, -0.05) is 48.5 Å². The molecule has 2 N–H and O–H groups in total. The molecule has 0 aliphatic rings. The van der Waals surface area contributed by atoms with Crippen LogP contribution in [0.25, 0.3) is 0 Å². The molecule has 0 bridgehead atoms. The lowest BCUT2D eigenvalue weighted by Crippen LogP contribution is -2.42. The van der Waals surface area contributed by atoms with E-state index in [1.807, 2.05) is 30.3 Å². The first kappa shape index (κ1) is 21.0. The summed E-state index contributed by atoms with van der Waals surface area (Å²) < 4.78 is 39.1. The highest BCUT2D eigenvalue weighted by atomic mass is 35.5. The Kier molecular flexibility index (Phi) is 7.45. The van der Waals surface area contributed by atoms with E-state index in [9.17, 15) is 18.0 Å². The van der Waals surface area contributed by atoms with E-state index in [1.54, 1.807) is 0 Å². The van der Waals surface area contributed by atoms with Crippen LogP contribution in [0, 0.1) is 0 Å². The minimum absolute atomic E-state index is 0. The largest absolute Gasteiger partial charge is 0.416 e. The minimum atomic E-state index is -4.45. The van der Waals surface area contributed by atoms with Crippen LogP contribution in [0.1, 0.15) is 16.7 Å². The van der Waals surface area contributed by atoms with Crippen molar-refractivity contribution in [1.82, 2.24) is 4.90 Å². The van der Waals surface area contributed by atoms with Crippen LogP contribution in [-0.4, -0.2) is 23.9 Å². The van der Waals surface area contributed by atoms with Crippen LogP contribution in [0.15, 0.2) is 54.6 Å². The number of likely N-dealkylation sites (N-methyl/N-ethyl adjacent to an activating group) is 1. The molecule has 1 unspecified atom stereocenters. The van der Waals surface area contributed by atoms with Crippen molar-refractivity contribution in [3.8, 4) is 0 Å². The van der Waals surface area contributed by atoms with Crippen LogP contribution in [0.5, 0.6) is 0 Å². The quantitative estimate of drug-likeness (QED) is 0.870. The predicted molar refractivity (Wildman–Crippen MR) is 93.3 cm³/mol. The van der Waals surface area contributed by atoms with Crippen molar-refractivity contribution < 1.29 is 18.0 Å². The molecule has 136 valence electrons. The molecule has 0 aliphatic heterocycles. The van der Waals surface area contributed by atoms with Gasteiger partial charge in [0.15, 0.2) is 0 Å². The third-order valence-corrected chi connectivity index (χ3v) is 3.72. The lowest BCUT2D eigenvalue weighted by Gasteiger charge is -2.23. The molecule has 0 spiro atoms. The van der Waals surface area contributed by atoms with E-state index in [1.165, 1.54) is 30.1 Å². The molecule has 0 saturated carbocycles. The molecule has 2 rings (SSSR count). The van der Waals surface area contributed by atoms with Crippen LogP contribution in [0.4, 0.5) is 13.2 Å². The number of amides is 1. The first-order valence-corrected chi connectivity index (χ1v) is 7.48. The van der Waals surface area contributed by atoms with Crippen molar-refractivity contribution in [3.05, 3.63) is 71.3 Å². The van der Waals surface area contributed by atoms with Crippen LogP contribution in [-0.2, 0) is 23.9 Å². The van der Waals surface area contributed by atoms with Gasteiger partial charge in [0.25, 0.3) is 0 Å². The summed E-state index contributed by atoms with van der Waals surface area (Å²) in [5.74, 6) is -0.393. The lowest BCUT2D eigenvalue weighted by molar-refractivity contribution is -0.139. The number of carbonyl (C=O) groups is 1. The van der Waals surface area contributed by atoms with Crippen LogP contribution in [0.2, 0.25) is 0 Å². The Bertz CT molecular complexity index is 692. The van der Waals surface area contributed by atoms with E-state index < -0.39 is 23.7 Å². The molecule has 3 nitrogen and oxygen atoms in total. The zero-order valence-corrected chi connectivity index (χ0v) is 14.5. The van der Waals surface area contributed by atoms with E-state index >= 15 is 0 Å². The fourth-order valence-corrected chi connectivity index (χ4v) is 2.51. The number of hydrogen-bond acceptors (Lipinski definition) is 2. The van der Waals surface area contributed by atoms with Crippen LogP contribution < -0.4 is 5.73 Å². The monoisotopic (exact) mass is 372 g/mol. The fourth-order valence-electron chi connectivity index (χ4n) is 2.51. The highest BCUT2D eigenvalue weighted by Crippen LogP contribution is 2.32. The molecule has 0 aromatic heterocycles. The number of nitrogens with two attached hydrogens (primary N) is 1. The summed E-state index contributed by atoms with van der Waals surface area (Å²) in [6, 6.07) is 13.7. The second-order valence-corrected chi connectivity index (χ2v) is 5.65. The maximum Gasteiger partial charge on any atom is 0.416 e. The molecule has 25 heavy (non-hydrogen) atoms. The second kappa shape index (κ2) is 8.87. The number of nitrogens with zero attached hydrogens (tertiary/aromatic N) is 1. The van der Waals surface area contributed by atoms with Crippen molar-refractivity contribution in [3.63, 3.8) is 0 Å². The van der Waals surface area contributed by atoms with Crippen molar-refractivity contribution >= 4 is 18.3 Å². The predicted octanol–water partition coefficient (Wildman–Crippen LogP) is 3.66. The Morgan fingerprint density at radius 2 is 1.64 bits per heavy atom. The van der Waals surface area contributed by atoms with E-state index in [4.69, 9.17) is 5.73 Å². The second-order valence-electron chi connectivity index (χ2n) is 5.65. The number of benzene rings is 2.